The summed E-state index contributed by atoms with van der Waals surface area (Å²) in [5.74, 6) is 0. The van der Waals surface area contributed by atoms with Crippen LogP contribution in [0.5, 0.6) is 0 Å². The van der Waals surface area contributed by atoms with E-state index in [9.17, 15) is 13.0 Å². The molecule has 0 atom stereocenters. The van der Waals surface area contributed by atoms with E-state index in [1.165, 1.54) is 0 Å². The van der Waals surface area contributed by atoms with Gasteiger partial charge in [0.25, 0.3) is 10.1 Å². The molecule has 0 aliphatic heterocycles. The first-order valence-corrected chi connectivity index (χ1v) is 6.89. The van der Waals surface area contributed by atoms with Crippen LogP contribution in [0.4, 0.5) is 0 Å². The van der Waals surface area contributed by atoms with Crippen LogP contribution in [0.2, 0.25) is 0 Å². The molecule has 0 amide bonds. The third-order valence-corrected chi connectivity index (χ3v) is 3.94. The number of fused-ring (bicyclic) bond motifs is 2. The van der Waals surface area contributed by atoms with Gasteiger partial charge in [0.15, 0.2) is 0 Å². The Bertz CT molecular complexity index is 809. The zero-order chi connectivity index (χ0) is 12.8. The molecule has 5 heteroatoms. The fourth-order valence-corrected chi connectivity index (χ4v) is 3.18. The van der Waals surface area contributed by atoms with Gasteiger partial charge in [0.2, 0.25) is 0 Å². The molecule has 3 nitrogen and oxygen atoms in total. The average molecular weight is 282 g/mol. The van der Waals surface area contributed by atoms with E-state index in [1.807, 2.05) is 30.3 Å². The van der Waals surface area contributed by atoms with Gasteiger partial charge in [0, 0.05) is 10.8 Å². The molecule has 0 saturated carbocycles. The van der Waals surface area contributed by atoms with Crippen molar-refractivity contribution in [3.8, 4) is 0 Å². The van der Waals surface area contributed by atoms with Gasteiger partial charge in [-0.25, -0.2) is 0 Å². The fraction of sp³-hybridized carbons (Fsp3) is 0. The van der Waals surface area contributed by atoms with Crippen LogP contribution in [-0.4, -0.2) is 13.0 Å². The normalized spacial score (nSPS) is 11.4. The molecule has 0 fully saturated rings. The molecule has 0 aliphatic rings. The van der Waals surface area contributed by atoms with Crippen molar-refractivity contribution in [3.05, 3.63) is 54.6 Å². The minimum absolute atomic E-state index is 0. The van der Waals surface area contributed by atoms with Gasteiger partial charge in [-0.05, 0) is 16.8 Å². The first-order valence-electron chi connectivity index (χ1n) is 5.45. The second kappa shape index (κ2) is 5.23. The molecular weight excluding hydrogens is 271 g/mol. The van der Waals surface area contributed by atoms with Crippen LogP contribution in [0, 0.1) is 0 Å². The zero-order valence-electron chi connectivity index (χ0n) is 11.4. The summed E-state index contributed by atoms with van der Waals surface area (Å²) in [4.78, 5) is -0.0174. The van der Waals surface area contributed by atoms with Crippen molar-refractivity contribution >= 4 is 31.7 Å². The number of rotatable bonds is 1. The average Bonchev–Trinajstić information content (AvgIpc) is 2.34. The molecule has 0 spiro atoms. The van der Waals surface area contributed by atoms with E-state index in [4.69, 9.17) is 0 Å². The fourth-order valence-electron chi connectivity index (χ4n) is 2.25. The first kappa shape index (κ1) is 14.5. The maximum Gasteiger partial charge on any atom is 1.00 e. The second-order valence-corrected chi connectivity index (χ2v) is 5.48. The van der Waals surface area contributed by atoms with Crippen molar-refractivity contribution in [2.24, 2.45) is 0 Å². The molecule has 92 valence electrons. The molecule has 19 heavy (non-hydrogen) atoms. The molecule has 0 radical (unpaired) electrons. The quantitative estimate of drug-likeness (QED) is 0.398. The zero-order valence-corrected chi connectivity index (χ0v) is 13.2. The molecule has 0 heterocycles. The van der Waals surface area contributed by atoms with Gasteiger partial charge in [-0.1, -0.05) is 48.5 Å². The van der Waals surface area contributed by atoms with E-state index < -0.39 is 10.1 Å². The standard InChI is InChI=1S/C14H10O3S.Na.H/c15-18(16,17)14-12-7-3-1-5-10(12)9-11-6-2-4-8-13(11)14;;/h1-9H,(H,15,16,17);;/q;+1;-1. The van der Waals surface area contributed by atoms with Gasteiger partial charge in [0.1, 0.15) is 4.90 Å². The summed E-state index contributed by atoms with van der Waals surface area (Å²) in [7, 11) is -4.26. The molecule has 0 aliphatic carbocycles. The van der Waals surface area contributed by atoms with Gasteiger partial charge in [0.05, 0.1) is 0 Å². The predicted molar refractivity (Wildman–Crippen MR) is 72.4 cm³/mol. The molecule has 1 N–H and O–H groups in total. The molecule has 3 rings (SSSR count). The van der Waals surface area contributed by atoms with Crippen molar-refractivity contribution in [1.29, 1.82) is 0 Å². The van der Waals surface area contributed by atoms with Crippen molar-refractivity contribution in [2.45, 2.75) is 4.90 Å². The van der Waals surface area contributed by atoms with E-state index in [0.29, 0.717) is 10.8 Å². The minimum Gasteiger partial charge on any atom is -1.00 e. The third-order valence-electron chi connectivity index (χ3n) is 2.98. The summed E-state index contributed by atoms with van der Waals surface area (Å²) in [6.45, 7) is 0. The Morgan fingerprint density at radius 3 is 1.68 bits per heavy atom. The Hall–Kier alpha value is -0.910. The molecule has 3 aromatic carbocycles. The van der Waals surface area contributed by atoms with Crippen LogP contribution < -0.4 is 29.6 Å². The van der Waals surface area contributed by atoms with E-state index in [-0.39, 0.29) is 35.9 Å². The van der Waals surface area contributed by atoms with Gasteiger partial charge < -0.3 is 1.43 Å². The number of hydrogen-bond acceptors (Lipinski definition) is 2. The maximum absolute atomic E-state index is 11.6. The Balaban J connectivity index is 0.000001000. The predicted octanol–water partition coefficient (Wildman–Crippen LogP) is 0.356. The van der Waals surface area contributed by atoms with Gasteiger partial charge >= 0.3 is 29.6 Å². The Labute approximate surface area is 134 Å². The van der Waals surface area contributed by atoms with Crippen molar-refractivity contribution in [1.82, 2.24) is 0 Å². The summed E-state index contributed by atoms with van der Waals surface area (Å²) >= 11 is 0. The van der Waals surface area contributed by atoms with Crippen LogP contribution >= 0.6 is 0 Å². The Kier molecular flexibility index (Phi) is 3.99. The summed E-state index contributed by atoms with van der Waals surface area (Å²) in [5, 5.41) is 2.67. The van der Waals surface area contributed by atoms with E-state index >= 15 is 0 Å². The van der Waals surface area contributed by atoms with E-state index in [1.54, 1.807) is 24.3 Å². The van der Waals surface area contributed by atoms with Crippen LogP contribution in [0.25, 0.3) is 21.5 Å². The second-order valence-electron chi connectivity index (χ2n) is 4.12. The monoisotopic (exact) mass is 282 g/mol. The Morgan fingerprint density at radius 1 is 0.842 bits per heavy atom. The van der Waals surface area contributed by atoms with Crippen molar-refractivity contribution in [3.63, 3.8) is 0 Å². The SMILES string of the molecule is O=S(=O)(O)c1c2ccccc2cc2ccccc12.[H-].[Na+]. The molecule has 0 bridgehead atoms. The summed E-state index contributed by atoms with van der Waals surface area (Å²) in [6, 6.07) is 16.2. The molecule has 3 aromatic rings. The maximum atomic E-state index is 11.6. The summed E-state index contributed by atoms with van der Waals surface area (Å²) < 4.78 is 32.7. The Morgan fingerprint density at radius 2 is 1.26 bits per heavy atom. The largest absolute Gasteiger partial charge is 1.00 e. The van der Waals surface area contributed by atoms with E-state index in [0.717, 1.165) is 10.8 Å². The minimum atomic E-state index is -4.26. The van der Waals surface area contributed by atoms with Gasteiger partial charge in [-0.2, -0.15) is 8.42 Å². The third kappa shape index (κ3) is 2.55. The molecular formula is C14H11NaO3S. The number of hydrogen-bond donors (Lipinski definition) is 1. The molecule has 0 unspecified atom stereocenters. The topological polar surface area (TPSA) is 54.4 Å². The van der Waals surface area contributed by atoms with Crippen LogP contribution in [0.3, 0.4) is 0 Å². The van der Waals surface area contributed by atoms with Gasteiger partial charge in [-0.3, -0.25) is 4.55 Å². The smallest absolute Gasteiger partial charge is 1.00 e. The molecule has 0 aromatic heterocycles. The van der Waals surface area contributed by atoms with Gasteiger partial charge in [-0.15, -0.1) is 0 Å². The van der Waals surface area contributed by atoms with Crippen molar-refractivity contribution < 1.29 is 44.0 Å². The summed E-state index contributed by atoms with van der Waals surface area (Å²) in [6.07, 6.45) is 0. The van der Waals surface area contributed by atoms with E-state index in [2.05, 4.69) is 0 Å². The van der Waals surface area contributed by atoms with Crippen LogP contribution in [-0.2, 0) is 10.1 Å². The first-order chi connectivity index (χ1) is 8.57. The van der Waals surface area contributed by atoms with Crippen molar-refractivity contribution in [2.75, 3.05) is 0 Å². The number of benzene rings is 3. The molecule has 0 saturated heterocycles. The summed E-state index contributed by atoms with van der Waals surface area (Å²) in [5.41, 5.74) is 0. The van der Waals surface area contributed by atoms with Crippen LogP contribution in [0.1, 0.15) is 1.43 Å². The van der Waals surface area contributed by atoms with Crippen LogP contribution in [0.15, 0.2) is 59.5 Å².